The van der Waals surface area contributed by atoms with Crippen LogP contribution in [-0.4, -0.2) is 0 Å². The highest BCUT2D eigenvalue weighted by Crippen LogP contribution is 2.24. The normalized spacial score (nSPS) is 10.5. The molecule has 0 saturated carbocycles. The van der Waals surface area contributed by atoms with Gasteiger partial charge in [-0.05, 0) is 13.3 Å². The molecule has 0 fully saturated rings. The smallest absolute Gasteiger partial charge is 0.200 e. The van der Waals surface area contributed by atoms with Gasteiger partial charge in [-0.1, -0.05) is 12.2 Å². The van der Waals surface area contributed by atoms with E-state index < -0.39 is 34.6 Å². The quantitative estimate of drug-likeness (QED) is 0.311. The van der Waals surface area contributed by atoms with Gasteiger partial charge in [0.1, 0.15) is 0 Å². The van der Waals surface area contributed by atoms with Crippen molar-refractivity contribution in [1.29, 1.82) is 0 Å². The largest absolute Gasteiger partial charge is 0.203 e. The van der Waals surface area contributed by atoms with Crippen LogP contribution < -0.4 is 0 Å². The molecule has 1 aromatic rings. The van der Waals surface area contributed by atoms with E-state index in [0.29, 0.717) is 5.57 Å². The van der Waals surface area contributed by atoms with E-state index in [1.54, 1.807) is 0 Å². The second kappa shape index (κ2) is 4.00. The van der Waals surface area contributed by atoms with Gasteiger partial charge in [0, 0.05) is 5.56 Å². The van der Waals surface area contributed by atoms with Crippen LogP contribution in [0.15, 0.2) is 12.2 Å². The summed E-state index contributed by atoms with van der Waals surface area (Å²) in [6.45, 7) is 4.77. The van der Waals surface area contributed by atoms with Crippen molar-refractivity contribution in [3.63, 3.8) is 0 Å². The maximum absolute atomic E-state index is 13.0. The molecule has 0 nitrogen and oxygen atoms in total. The van der Waals surface area contributed by atoms with E-state index in [1.165, 1.54) is 6.92 Å². The first kappa shape index (κ1) is 11.7. The molecule has 0 saturated heterocycles. The summed E-state index contributed by atoms with van der Waals surface area (Å²) in [5, 5.41) is 0. The Morgan fingerprint density at radius 2 is 1.20 bits per heavy atom. The second-order valence-corrected chi connectivity index (χ2v) is 3.18. The zero-order valence-corrected chi connectivity index (χ0v) is 7.80. The molecule has 0 aliphatic rings. The first-order valence-corrected chi connectivity index (χ1v) is 4.01. The van der Waals surface area contributed by atoms with E-state index in [2.05, 4.69) is 6.58 Å². The SMILES string of the molecule is C=C(C)Cc1c(F)c(F)c(F)c(F)c1F. The van der Waals surface area contributed by atoms with Crippen LogP contribution >= 0.6 is 0 Å². The minimum absolute atomic E-state index is 0.304. The minimum atomic E-state index is -2.14. The van der Waals surface area contributed by atoms with Crippen LogP contribution in [0.5, 0.6) is 0 Å². The monoisotopic (exact) mass is 222 g/mol. The molecule has 0 heterocycles. The summed E-state index contributed by atoms with van der Waals surface area (Å²) in [7, 11) is 0. The molecule has 82 valence electrons. The Morgan fingerprint density at radius 1 is 0.867 bits per heavy atom. The lowest BCUT2D eigenvalue weighted by Gasteiger charge is -2.07. The Morgan fingerprint density at radius 3 is 1.53 bits per heavy atom. The van der Waals surface area contributed by atoms with Crippen molar-refractivity contribution >= 4 is 0 Å². The third kappa shape index (κ3) is 2.00. The molecule has 0 spiro atoms. The van der Waals surface area contributed by atoms with E-state index in [9.17, 15) is 22.0 Å². The van der Waals surface area contributed by atoms with Crippen LogP contribution in [0, 0.1) is 29.1 Å². The Bertz CT molecular complexity index is 393. The summed E-state index contributed by atoms with van der Waals surface area (Å²) >= 11 is 0. The third-order valence-electron chi connectivity index (χ3n) is 1.78. The predicted octanol–water partition coefficient (Wildman–Crippen LogP) is 3.50. The topological polar surface area (TPSA) is 0 Å². The van der Waals surface area contributed by atoms with Crippen molar-refractivity contribution in [2.45, 2.75) is 13.3 Å². The summed E-state index contributed by atoms with van der Waals surface area (Å²) in [4.78, 5) is 0. The molecule has 0 aliphatic heterocycles. The molecule has 5 heteroatoms. The standard InChI is InChI=1S/C10H7F5/c1-4(2)3-5-6(11)8(13)10(15)9(14)7(5)12/h1,3H2,2H3. The van der Waals surface area contributed by atoms with Crippen LogP contribution in [0.4, 0.5) is 22.0 Å². The molecule has 0 unspecified atom stereocenters. The molecule has 0 bridgehead atoms. The average Bonchev–Trinajstić information content (AvgIpc) is 2.18. The van der Waals surface area contributed by atoms with Crippen LogP contribution in [0.25, 0.3) is 0 Å². The third-order valence-corrected chi connectivity index (χ3v) is 1.78. The number of hydrogen-bond donors (Lipinski definition) is 0. The Kier molecular flexibility index (Phi) is 3.12. The lowest BCUT2D eigenvalue weighted by Crippen LogP contribution is -2.07. The maximum Gasteiger partial charge on any atom is 0.200 e. The molecular formula is C10H7F5. The molecule has 1 rings (SSSR count). The average molecular weight is 222 g/mol. The van der Waals surface area contributed by atoms with E-state index in [4.69, 9.17) is 0 Å². The van der Waals surface area contributed by atoms with E-state index in [0.717, 1.165) is 0 Å². The lowest BCUT2D eigenvalue weighted by molar-refractivity contribution is 0.371. The first-order chi connectivity index (χ1) is 6.86. The van der Waals surface area contributed by atoms with Crippen LogP contribution in [0.2, 0.25) is 0 Å². The molecule has 0 aliphatic carbocycles. The number of halogens is 5. The van der Waals surface area contributed by atoms with Crippen LogP contribution in [0.1, 0.15) is 12.5 Å². The number of allylic oxidation sites excluding steroid dienone is 1. The number of hydrogen-bond acceptors (Lipinski definition) is 0. The number of benzene rings is 1. The molecular weight excluding hydrogens is 215 g/mol. The molecule has 0 radical (unpaired) electrons. The summed E-state index contributed by atoms with van der Waals surface area (Å²) < 4.78 is 63.9. The highest BCUT2D eigenvalue weighted by atomic mass is 19.2. The van der Waals surface area contributed by atoms with Gasteiger partial charge in [-0.15, -0.1) is 0 Å². The first-order valence-electron chi connectivity index (χ1n) is 4.01. The van der Waals surface area contributed by atoms with E-state index >= 15 is 0 Å². The van der Waals surface area contributed by atoms with Crippen molar-refractivity contribution in [3.8, 4) is 0 Å². The fourth-order valence-corrected chi connectivity index (χ4v) is 1.11. The summed E-state index contributed by atoms with van der Waals surface area (Å²) in [6, 6.07) is 0. The lowest BCUT2D eigenvalue weighted by atomic mass is 10.1. The van der Waals surface area contributed by atoms with Gasteiger partial charge in [0.25, 0.3) is 0 Å². The maximum atomic E-state index is 13.0. The summed E-state index contributed by atoms with van der Waals surface area (Å²) in [6.07, 6.45) is -0.383. The summed E-state index contributed by atoms with van der Waals surface area (Å²) in [5.74, 6) is -9.59. The molecule has 0 amide bonds. The van der Waals surface area contributed by atoms with Gasteiger partial charge < -0.3 is 0 Å². The van der Waals surface area contributed by atoms with Gasteiger partial charge in [-0.25, -0.2) is 22.0 Å². The fraction of sp³-hybridized carbons (Fsp3) is 0.200. The molecule has 0 N–H and O–H groups in total. The molecule has 0 atom stereocenters. The fourth-order valence-electron chi connectivity index (χ4n) is 1.11. The Hall–Kier alpha value is -1.39. The van der Waals surface area contributed by atoms with Crippen LogP contribution in [0.3, 0.4) is 0 Å². The second-order valence-electron chi connectivity index (χ2n) is 3.18. The van der Waals surface area contributed by atoms with Crippen molar-refractivity contribution in [2.75, 3.05) is 0 Å². The van der Waals surface area contributed by atoms with E-state index in [-0.39, 0.29) is 6.42 Å². The van der Waals surface area contributed by atoms with Gasteiger partial charge in [0.15, 0.2) is 23.3 Å². The van der Waals surface area contributed by atoms with E-state index in [1.807, 2.05) is 0 Å². The zero-order chi connectivity index (χ0) is 11.7. The Balaban J connectivity index is 3.45. The molecule has 1 aromatic carbocycles. The Labute approximate surface area is 83.0 Å². The van der Waals surface area contributed by atoms with Gasteiger partial charge in [0.2, 0.25) is 5.82 Å². The molecule has 0 aromatic heterocycles. The number of rotatable bonds is 2. The van der Waals surface area contributed by atoms with Gasteiger partial charge >= 0.3 is 0 Å². The van der Waals surface area contributed by atoms with Crippen LogP contribution in [-0.2, 0) is 6.42 Å². The van der Waals surface area contributed by atoms with Crippen molar-refractivity contribution in [2.24, 2.45) is 0 Å². The predicted molar refractivity (Wildman–Crippen MR) is 44.8 cm³/mol. The van der Waals surface area contributed by atoms with Gasteiger partial charge in [0.05, 0.1) is 0 Å². The summed E-state index contributed by atoms with van der Waals surface area (Å²) in [5.41, 5.74) is -0.544. The highest BCUT2D eigenvalue weighted by molar-refractivity contribution is 5.27. The van der Waals surface area contributed by atoms with Crippen molar-refractivity contribution in [3.05, 3.63) is 46.8 Å². The highest BCUT2D eigenvalue weighted by Gasteiger charge is 2.25. The molecule has 15 heavy (non-hydrogen) atoms. The van der Waals surface area contributed by atoms with Crippen molar-refractivity contribution in [1.82, 2.24) is 0 Å². The van der Waals surface area contributed by atoms with Gasteiger partial charge in [-0.3, -0.25) is 0 Å². The zero-order valence-electron chi connectivity index (χ0n) is 7.80. The van der Waals surface area contributed by atoms with Gasteiger partial charge in [-0.2, -0.15) is 0 Å². The minimum Gasteiger partial charge on any atom is -0.203 e. The van der Waals surface area contributed by atoms with Crippen molar-refractivity contribution < 1.29 is 22.0 Å².